The van der Waals surface area contributed by atoms with Crippen molar-refractivity contribution in [2.45, 2.75) is 39.3 Å². The summed E-state index contributed by atoms with van der Waals surface area (Å²) in [6, 6.07) is 0. The molecule has 128 valence electrons. The van der Waals surface area contributed by atoms with Crippen LogP contribution in [0.1, 0.15) is 31.0 Å². The van der Waals surface area contributed by atoms with Gasteiger partial charge in [0.15, 0.2) is 5.96 Å². The van der Waals surface area contributed by atoms with Gasteiger partial charge in [-0.3, -0.25) is 10.1 Å². The predicted molar refractivity (Wildman–Crippen MR) is 91.7 cm³/mol. The Hall–Kier alpha value is -1.00. The van der Waals surface area contributed by atoms with Crippen molar-refractivity contribution >= 4 is 29.9 Å². The Labute approximate surface area is 145 Å². The molecule has 1 aromatic heterocycles. The molecule has 0 spiro atoms. The van der Waals surface area contributed by atoms with E-state index in [2.05, 4.69) is 25.8 Å². The lowest BCUT2D eigenvalue weighted by atomic mass is 10.1. The van der Waals surface area contributed by atoms with Crippen LogP contribution in [-0.4, -0.2) is 42.0 Å². The molecule has 0 radical (unpaired) electrons. The van der Waals surface area contributed by atoms with Crippen LogP contribution in [-0.2, 0) is 6.42 Å². The zero-order valence-corrected chi connectivity index (χ0v) is 15.1. The minimum Gasteiger partial charge on any atom is -0.357 e. The fourth-order valence-electron chi connectivity index (χ4n) is 1.75. The van der Waals surface area contributed by atoms with Crippen LogP contribution in [0.5, 0.6) is 0 Å². The lowest BCUT2D eigenvalue weighted by Gasteiger charge is -2.12. The molecule has 0 saturated heterocycles. The van der Waals surface area contributed by atoms with Gasteiger partial charge in [-0.2, -0.15) is 18.3 Å². The van der Waals surface area contributed by atoms with E-state index in [1.165, 1.54) is 0 Å². The van der Waals surface area contributed by atoms with E-state index < -0.39 is 12.6 Å². The summed E-state index contributed by atoms with van der Waals surface area (Å²) in [5.74, 6) is 0.422. The first-order chi connectivity index (χ1) is 9.92. The van der Waals surface area contributed by atoms with Crippen LogP contribution in [0.3, 0.4) is 0 Å². The number of guanidine groups is 1. The van der Waals surface area contributed by atoms with Crippen molar-refractivity contribution in [1.29, 1.82) is 0 Å². The van der Waals surface area contributed by atoms with E-state index >= 15 is 0 Å². The van der Waals surface area contributed by atoms with Crippen LogP contribution >= 0.6 is 24.0 Å². The summed E-state index contributed by atoms with van der Waals surface area (Å²) in [7, 11) is 0. The number of H-pyrrole nitrogens is 1. The molecular formula is C13H23F3IN5. The molecule has 1 rings (SSSR count). The number of aromatic nitrogens is 2. The Kier molecular flexibility index (Phi) is 10.2. The molecule has 0 bridgehead atoms. The number of halogens is 4. The molecule has 0 aliphatic heterocycles. The van der Waals surface area contributed by atoms with Crippen molar-refractivity contribution in [3.63, 3.8) is 0 Å². The SMILES string of the molecule is CCNC(=NCCCc1cn[nH]c1C)NCCC(F)(F)F.I. The second kappa shape index (κ2) is 10.7. The highest BCUT2D eigenvalue weighted by atomic mass is 127. The van der Waals surface area contributed by atoms with Gasteiger partial charge >= 0.3 is 6.18 Å². The van der Waals surface area contributed by atoms with E-state index in [0.29, 0.717) is 19.0 Å². The number of aryl methyl sites for hydroxylation is 2. The molecule has 5 nitrogen and oxygen atoms in total. The Balaban J connectivity index is 0.00000441. The van der Waals surface area contributed by atoms with Gasteiger partial charge in [-0.1, -0.05) is 0 Å². The molecule has 3 N–H and O–H groups in total. The number of rotatable bonds is 7. The maximum atomic E-state index is 12.1. The summed E-state index contributed by atoms with van der Waals surface area (Å²) in [4.78, 5) is 4.26. The van der Waals surface area contributed by atoms with Crippen LogP contribution in [0.4, 0.5) is 13.2 Å². The van der Waals surface area contributed by atoms with Crippen molar-refractivity contribution in [3.8, 4) is 0 Å². The molecule has 0 aromatic carbocycles. The highest BCUT2D eigenvalue weighted by Crippen LogP contribution is 2.18. The third-order valence-electron chi connectivity index (χ3n) is 2.85. The van der Waals surface area contributed by atoms with Crippen molar-refractivity contribution in [3.05, 3.63) is 17.5 Å². The van der Waals surface area contributed by atoms with E-state index in [-0.39, 0.29) is 30.5 Å². The molecule has 0 amide bonds. The first-order valence-electron chi connectivity index (χ1n) is 7.00. The number of aromatic amines is 1. The highest BCUT2D eigenvalue weighted by Gasteiger charge is 2.26. The summed E-state index contributed by atoms with van der Waals surface area (Å²) >= 11 is 0. The predicted octanol–water partition coefficient (Wildman–Crippen LogP) is 2.78. The third-order valence-corrected chi connectivity index (χ3v) is 2.85. The van der Waals surface area contributed by atoms with Gasteiger partial charge in [0.1, 0.15) is 0 Å². The smallest absolute Gasteiger partial charge is 0.357 e. The van der Waals surface area contributed by atoms with Gasteiger partial charge in [0.2, 0.25) is 0 Å². The fraction of sp³-hybridized carbons (Fsp3) is 0.692. The molecule has 0 unspecified atom stereocenters. The maximum absolute atomic E-state index is 12.1. The van der Waals surface area contributed by atoms with Crippen molar-refractivity contribution in [2.75, 3.05) is 19.6 Å². The first kappa shape index (κ1) is 21.0. The minimum absolute atomic E-state index is 0. The second-order valence-corrected chi connectivity index (χ2v) is 4.68. The van der Waals surface area contributed by atoms with Gasteiger partial charge in [0, 0.05) is 25.3 Å². The quantitative estimate of drug-likeness (QED) is 0.268. The molecule has 0 saturated carbocycles. The van der Waals surface area contributed by atoms with Crippen LogP contribution in [0, 0.1) is 6.92 Å². The van der Waals surface area contributed by atoms with Crippen LogP contribution in [0.2, 0.25) is 0 Å². The lowest BCUT2D eigenvalue weighted by Crippen LogP contribution is -2.39. The van der Waals surface area contributed by atoms with E-state index in [0.717, 1.165) is 24.1 Å². The molecule has 1 aromatic rings. The van der Waals surface area contributed by atoms with Gasteiger partial charge in [-0.25, -0.2) is 0 Å². The zero-order chi connectivity index (χ0) is 15.7. The van der Waals surface area contributed by atoms with Gasteiger partial charge in [0.25, 0.3) is 0 Å². The number of hydrogen-bond donors (Lipinski definition) is 3. The Morgan fingerprint density at radius 1 is 1.36 bits per heavy atom. The summed E-state index contributed by atoms with van der Waals surface area (Å²) in [6.45, 7) is 4.81. The maximum Gasteiger partial charge on any atom is 0.390 e. The average Bonchev–Trinajstić information content (AvgIpc) is 2.79. The normalized spacial score (nSPS) is 12.0. The van der Waals surface area contributed by atoms with E-state index in [4.69, 9.17) is 0 Å². The number of hydrogen-bond acceptors (Lipinski definition) is 2. The molecule has 0 aliphatic carbocycles. The van der Waals surface area contributed by atoms with Crippen molar-refractivity contribution < 1.29 is 13.2 Å². The molecule has 0 aliphatic rings. The number of nitrogens with zero attached hydrogens (tertiary/aromatic N) is 2. The van der Waals surface area contributed by atoms with Gasteiger partial charge in [0.05, 0.1) is 12.6 Å². The fourth-order valence-corrected chi connectivity index (χ4v) is 1.75. The van der Waals surface area contributed by atoms with Crippen LogP contribution < -0.4 is 10.6 Å². The van der Waals surface area contributed by atoms with E-state index in [1.54, 1.807) is 6.20 Å². The summed E-state index contributed by atoms with van der Waals surface area (Å²) in [5, 5.41) is 12.4. The van der Waals surface area contributed by atoms with Gasteiger partial charge < -0.3 is 10.6 Å². The minimum atomic E-state index is -4.15. The van der Waals surface area contributed by atoms with Crippen LogP contribution in [0.25, 0.3) is 0 Å². The first-order valence-corrected chi connectivity index (χ1v) is 7.00. The molecule has 0 fully saturated rings. The molecule has 9 heteroatoms. The lowest BCUT2D eigenvalue weighted by molar-refractivity contribution is -0.132. The summed E-state index contributed by atoms with van der Waals surface area (Å²) in [6.07, 6.45) is -1.58. The van der Waals surface area contributed by atoms with E-state index in [1.807, 2.05) is 13.8 Å². The Morgan fingerprint density at radius 2 is 2.09 bits per heavy atom. The molecule has 0 atom stereocenters. The average molecular weight is 433 g/mol. The summed E-state index contributed by atoms with van der Waals surface area (Å²) < 4.78 is 36.3. The van der Waals surface area contributed by atoms with Crippen molar-refractivity contribution in [2.24, 2.45) is 4.99 Å². The highest BCUT2D eigenvalue weighted by molar-refractivity contribution is 14.0. The third kappa shape index (κ3) is 9.11. The zero-order valence-electron chi connectivity index (χ0n) is 12.8. The monoisotopic (exact) mass is 433 g/mol. The van der Waals surface area contributed by atoms with Gasteiger partial charge in [-0.05, 0) is 32.3 Å². The number of nitrogens with one attached hydrogen (secondary N) is 3. The van der Waals surface area contributed by atoms with Crippen LogP contribution in [0.15, 0.2) is 11.2 Å². The topological polar surface area (TPSA) is 65.1 Å². The van der Waals surface area contributed by atoms with Crippen molar-refractivity contribution in [1.82, 2.24) is 20.8 Å². The Bertz CT molecular complexity index is 445. The standard InChI is InChI=1S/C13H22F3N5.HI/c1-3-17-12(19-8-6-13(14,15)16)18-7-4-5-11-9-20-21-10(11)2;/h9H,3-8H2,1-2H3,(H,20,21)(H2,17,18,19);1H. The molecular weight excluding hydrogens is 410 g/mol. The number of aliphatic imine (C=N–C) groups is 1. The second-order valence-electron chi connectivity index (χ2n) is 4.68. The summed E-state index contributed by atoms with van der Waals surface area (Å²) in [5.41, 5.74) is 2.18. The number of alkyl halides is 3. The largest absolute Gasteiger partial charge is 0.390 e. The Morgan fingerprint density at radius 3 is 2.64 bits per heavy atom. The van der Waals surface area contributed by atoms with E-state index in [9.17, 15) is 13.2 Å². The van der Waals surface area contributed by atoms with Gasteiger partial charge in [-0.15, -0.1) is 24.0 Å². The molecule has 1 heterocycles. The molecule has 22 heavy (non-hydrogen) atoms.